The van der Waals surface area contributed by atoms with Crippen LogP contribution < -0.4 is 10.6 Å². The molecule has 0 aliphatic heterocycles. The highest BCUT2D eigenvalue weighted by atomic mass is 16.6. The molecule has 106 valence electrons. The zero-order chi connectivity index (χ0) is 14.3. The molecule has 1 aromatic heterocycles. The monoisotopic (exact) mass is 268 g/mol. The topological polar surface area (TPSA) is 100 Å². The molecule has 1 aromatic rings. The Morgan fingerprint density at radius 2 is 2.16 bits per heavy atom. The van der Waals surface area contributed by atoms with Gasteiger partial charge in [0.25, 0.3) is 5.69 Å². The molecule has 0 aromatic carbocycles. The van der Waals surface area contributed by atoms with Gasteiger partial charge in [0, 0.05) is 20.2 Å². The van der Waals surface area contributed by atoms with Crippen molar-refractivity contribution in [2.75, 3.05) is 30.8 Å². The summed E-state index contributed by atoms with van der Waals surface area (Å²) in [4.78, 5) is 14.5. The summed E-state index contributed by atoms with van der Waals surface area (Å²) >= 11 is 0. The number of aromatic nitrogens is 1. The number of aliphatic hydroxyl groups excluding tert-OH is 1. The van der Waals surface area contributed by atoms with E-state index in [-0.39, 0.29) is 18.2 Å². The Morgan fingerprint density at radius 1 is 1.47 bits per heavy atom. The SMILES string of the molecule is CNc1cc([N+](=O)[O-])cc(NCCCC(C)CO)n1. The van der Waals surface area contributed by atoms with Crippen LogP contribution in [0.4, 0.5) is 17.3 Å². The van der Waals surface area contributed by atoms with E-state index in [4.69, 9.17) is 5.11 Å². The minimum atomic E-state index is -0.443. The first-order chi connectivity index (χ1) is 9.06. The lowest BCUT2D eigenvalue weighted by Crippen LogP contribution is -2.08. The van der Waals surface area contributed by atoms with Gasteiger partial charge in [-0.05, 0) is 18.8 Å². The van der Waals surface area contributed by atoms with Gasteiger partial charge in [-0.1, -0.05) is 6.92 Å². The molecule has 0 spiro atoms. The fourth-order valence-electron chi connectivity index (χ4n) is 1.60. The van der Waals surface area contributed by atoms with Crippen LogP contribution in [0.1, 0.15) is 19.8 Å². The van der Waals surface area contributed by atoms with E-state index in [1.54, 1.807) is 7.05 Å². The van der Waals surface area contributed by atoms with Gasteiger partial charge in [0.2, 0.25) is 0 Å². The number of nitrogens with zero attached hydrogens (tertiary/aromatic N) is 2. The second kappa shape index (κ2) is 7.52. The zero-order valence-corrected chi connectivity index (χ0v) is 11.2. The van der Waals surface area contributed by atoms with E-state index in [0.717, 1.165) is 12.8 Å². The molecule has 0 radical (unpaired) electrons. The Morgan fingerprint density at radius 3 is 2.74 bits per heavy atom. The van der Waals surface area contributed by atoms with Gasteiger partial charge >= 0.3 is 0 Å². The fraction of sp³-hybridized carbons (Fsp3) is 0.583. The van der Waals surface area contributed by atoms with Crippen molar-refractivity contribution in [3.63, 3.8) is 0 Å². The van der Waals surface area contributed by atoms with Gasteiger partial charge in [0.05, 0.1) is 17.1 Å². The third kappa shape index (κ3) is 5.09. The van der Waals surface area contributed by atoms with E-state index in [1.165, 1.54) is 12.1 Å². The Balaban J connectivity index is 2.57. The Hall–Kier alpha value is -1.89. The molecular formula is C12H20N4O3. The highest BCUT2D eigenvalue weighted by molar-refractivity contribution is 5.54. The van der Waals surface area contributed by atoms with Crippen LogP contribution >= 0.6 is 0 Å². The van der Waals surface area contributed by atoms with Crippen LogP contribution in [-0.2, 0) is 0 Å². The average molecular weight is 268 g/mol. The normalized spacial score (nSPS) is 11.9. The molecule has 0 saturated heterocycles. The molecule has 1 heterocycles. The molecule has 0 bridgehead atoms. The molecule has 1 atom stereocenters. The molecule has 19 heavy (non-hydrogen) atoms. The van der Waals surface area contributed by atoms with Gasteiger partial charge < -0.3 is 15.7 Å². The lowest BCUT2D eigenvalue weighted by atomic mass is 10.1. The van der Waals surface area contributed by atoms with Crippen molar-refractivity contribution in [3.05, 3.63) is 22.2 Å². The second-order valence-electron chi connectivity index (χ2n) is 4.46. The summed E-state index contributed by atoms with van der Waals surface area (Å²) in [6, 6.07) is 2.80. The third-order valence-electron chi connectivity index (χ3n) is 2.77. The molecular weight excluding hydrogens is 248 g/mol. The van der Waals surface area contributed by atoms with Crippen molar-refractivity contribution in [2.24, 2.45) is 5.92 Å². The van der Waals surface area contributed by atoms with E-state index in [9.17, 15) is 10.1 Å². The van der Waals surface area contributed by atoms with Gasteiger partial charge in [-0.25, -0.2) is 4.98 Å². The van der Waals surface area contributed by atoms with Crippen LogP contribution in [0.2, 0.25) is 0 Å². The molecule has 1 unspecified atom stereocenters. The molecule has 0 aliphatic rings. The maximum Gasteiger partial charge on any atom is 0.276 e. The first kappa shape index (κ1) is 15.2. The highest BCUT2D eigenvalue weighted by Gasteiger charge is 2.10. The number of pyridine rings is 1. The van der Waals surface area contributed by atoms with Crippen LogP contribution in [0.25, 0.3) is 0 Å². The smallest absolute Gasteiger partial charge is 0.276 e. The molecule has 1 rings (SSSR count). The number of hydrogen-bond acceptors (Lipinski definition) is 6. The molecule has 7 nitrogen and oxygen atoms in total. The summed E-state index contributed by atoms with van der Waals surface area (Å²) in [5.41, 5.74) is 0.00516. The number of aliphatic hydroxyl groups is 1. The lowest BCUT2D eigenvalue weighted by Gasteiger charge is -2.09. The number of anilines is 2. The molecule has 7 heteroatoms. The van der Waals surface area contributed by atoms with Crippen LogP contribution in [0, 0.1) is 16.0 Å². The molecule has 0 amide bonds. The molecule has 3 N–H and O–H groups in total. The maximum atomic E-state index is 10.8. The standard InChI is InChI=1S/C12H20N4O3/c1-9(8-17)4-3-5-14-12-7-10(16(18)19)6-11(13-2)15-12/h6-7,9,17H,3-5,8H2,1-2H3,(H2,13,14,15). The number of hydrogen-bond donors (Lipinski definition) is 3. The quantitative estimate of drug-likeness (QED) is 0.378. The first-order valence-electron chi connectivity index (χ1n) is 6.25. The lowest BCUT2D eigenvalue weighted by molar-refractivity contribution is -0.384. The van der Waals surface area contributed by atoms with Crippen molar-refractivity contribution >= 4 is 17.3 Å². The van der Waals surface area contributed by atoms with Gasteiger partial charge in [-0.2, -0.15) is 0 Å². The van der Waals surface area contributed by atoms with Crippen molar-refractivity contribution in [3.8, 4) is 0 Å². The van der Waals surface area contributed by atoms with E-state index in [1.807, 2.05) is 6.92 Å². The van der Waals surface area contributed by atoms with E-state index in [0.29, 0.717) is 18.2 Å². The van der Waals surface area contributed by atoms with Crippen molar-refractivity contribution in [1.82, 2.24) is 4.98 Å². The van der Waals surface area contributed by atoms with Crippen molar-refractivity contribution in [2.45, 2.75) is 19.8 Å². The molecule has 0 aliphatic carbocycles. The van der Waals surface area contributed by atoms with Crippen molar-refractivity contribution < 1.29 is 10.0 Å². The van der Waals surface area contributed by atoms with Crippen LogP contribution in [-0.4, -0.2) is 35.2 Å². The highest BCUT2D eigenvalue weighted by Crippen LogP contribution is 2.20. The van der Waals surface area contributed by atoms with Crippen LogP contribution in [0.5, 0.6) is 0 Å². The van der Waals surface area contributed by atoms with E-state index >= 15 is 0 Å². The Bertz CT molecular complexity index is 425. The average Bonchev–Trinajstić information content (AvgIpc) is 2.42. The van der Waals surface area contributed by atoms with Gasteiger partial charge in [-0.15, -0.1) is 0 Å². The van der Waals surface area contributed by atoms with E-state index < -0.39 is 4.92 Å². The number of nitrogens with one attached hydrogen (secondary N) is 2. The largest absolute Gasteiger partial charge is 0.396 e. The predicted octanol–water partition coefficient (Wildman–Crippen LogP) is 1.85. The summed E-state index contributed by atoms with van der Waals surface area (Å²) in [5.74, 6) is 1.21. The second-order valence-corrected chi connectivity index (χ2v) is 4.46. The van der Waals surface area contributed by atoms with Gasteiger partial charge in [0.15, 0.2) is 0 Å². The molecule has 0 saturated carbocycles. The maximum absolute atomic E-state index is 10.8. The van der Waals surface area contributed by atoms with Crippen LogP contribution in [0.3, 0.4) is 0 Å². The first-order valence-corrected chi connectivity index (χ1v) is 6.25. The number of nitro groups is 1. The summed E-state index contributed by atoms with van der Waals surface area (Å²) < 4.78 is 0. The Kier molecular flexibility index (Phi) is 6.01. The van der Waals surface area contributed by atoms with Gasteiger partial charge in [0.1, 0.15) is 11.6 Å². The summed E-state index contributed by atoms with van der Waals surface area (Å²) in [6.07, 6.45) is 1.78. The number of rotatable bonds is 8. The van der Waals surface area contributed by atoms with Crippen molar-refractivity contribution in [1.29, 1.82) is 0 Å². The third-order valence-corrected chi connectivity index (χ3v) is 2.77. The predicted molar refractivity (Wildman–Crippen MR) is 74.4 cm³/mol. The summed E-state index contributed by atoms with van der Waals surface area (Å²) in [6.45, 7) is 2.82. The molecule has 0 fully saturated rings. The summed E-state index contributed by atoms with van der Waals surface area (Å²) in [5, 5.41) is 25.5. The van der Waals surface area contributed by atoms with E-state index in [2.05, 4.69) is 15.6 Å². The Labute approximate surface area is 112 Å². The minimum absolute atomic E-state index is 0.00516. The minimum Gasteiger partial charge on any atom is -0.396 e. The van der Waals surface area contributed by atoms with Crippen LogP contribution in [0.15, 0.2) is 12.1 Å². The van der Waals surface area contributed by atoms with Gasteiger partial charge in [-0.3, -0.25) is 10.1 Å². The summed E-state index contributed by atoms with van der Waals surface area (Å²) in [7, 11) is 1.67. The fourth-order valence-corrected chi connectivity index (χ4v) is 1.60. The zero-order valence-electron chi connectivity index (χ0n) is 11.2.